The van der Waals surface area contributed by atoms with E-state index in [4.69, 9.17) is 9.47 Å². The number of esters is 2. The topological polar surface area (TPSA) is 52.6 Å². The largest absolute Gasteiger partial charge is 0.454 e. The fourth-order valence-corrected chi connectivity index (χ4v) is 7.42. The standard InChI is InChI=1S/C30H18I4O4/c31-21-11-17-19(13-23(21)33)26-20-14-24(34)22(32)12-18(20)25(17)27(37-29(35)15-7-3-1-4-8-15)28(26)38-30(36)16-9-5-2-6-10-16/h1-14,25-28H/t25-,26-,27?,28?. The van der Waals surface area contributed by atoms with Crippen LogP contribution in [0.5, 0.6) is 0 Å². The van der Waals surface area contributed by atoms with E-state index < -0.39 is 24.1 Å². The SMILES string of the molecule is O=C(OC1C(OC(=O)c2ccccc2)[C@H]2c3cc(I)c(I)cc3[C@H]1c1cc(I)c(I)cc12)c1ccccc1. The van der Waals surface area contributed by atoms with Crippen LogP contribution in [0.15, 0.2) is 84.9 Å². The van der Waals surface area contributed by atoms with Crippen molar-refractivity contribution in [3.63, 3.8) is 0 Å². The zero-order valence-electron chi connectivity index (χ0n) is 19.5. The molecule has 3 aliphatic carbocycles. The number of ether oxygens (including phenoxy) is 2. The summed E-state index contributed by atoms with van der Waals surface area (Å²) in [6, 6.07) is 26.7. The van der Waals surface area contributed by atoms with Gasteiger partial charge in [0.25, 0.3) is 0 Å². The van der Waals surface area contributed by atoms with Crippen LogP contribution in [0.2, 0.25) is 0 Å². The molecule has 0 fully saturated rings. The molecule has 0 amide bonds. The highest BCUT2D eigenvalue weighted by Gasteiger charge is 2.54. The molecule has 0 aromatic heterocycles. The molecule has 38 heavy (non-hydrogen) atoms. The lowest BCUT2D eigenvalue weighted by Crippen LogP contribution is -2.51. The Balaban J connectivity index is 1.52. The maximum absolute atomic E-state index is 13.4. The van der Waals surface area contributed by atoms with Crippen LogP contribution in [0.3, 0.4) is 0 Å². The Morgan fingerprint density at radius 2 is 0.789 bits per heavy atom. The van der Waals surface area contributed by atoms with Gasteiger partial charge in [-0.2, -0.15) is 0 Å². The van der Waals surface area contributed by atoms with Gasteiger partial charge in [0.15, 0.2) is 12.2 Å². The van der Waals surface area contributed by atoms with Gasteiger partial charge >= 0.3 is 11.9 Å². The number of hydrogen-bond acceptors (Lipinski definition) is 4. The summed E-state index contributed by atoms with van der Waals surface area (Å²) in [7, 11) is 0. The number of halogens is 4. The first-order valence-electron chi connectivity index (χ1n) is 11.8. The number of rotatable bonds is 4. The summed E-state index contributed by atoms with van der Waals surface area (Å²) in [5.41, 5.74) is 5.45. The molecular weight excluding hydrogens is 932 g/mol. The molecule has 0 aliphatic heterocycles. The number of carbonyl (C=O) groups excluding carboxylic acids is 2. The van der Waals surface area contributed by atoms with Gasteiger partial charge in [-0.1, -0.05) is 36.4 Å². The van der Waals surface area contributed by atoms with Crippen molar-refractivity contribution in [2.45, 2.75) is 24.0 Å². The highest BCUT2D eigenvalue weighted by molar-refractivity contribution is 14.1. The van der Waals surface area contributed by atoms with Gasteiger partial charge in [0.05, 0.1) is 23.0 Å². The van der Waals surface area contributed by atoms with Crippen molar-refractivity contribution in [3.05, 3.63) is 133 Å². The van der Waals surface area contributed by atoms with Gasteiger partial charge in [0.2, 0.25) is 0 Å². The smallest absolute Gasteiger partial charge is 0.338 e. The van der Waals surface area contributed by atoms with Gasteiger partial charge in [-0.15, -0.1) is 0 Å². The summed E-state index contributed by atoms with van der Waals surface area (Å²) >= 11 is 9.42. The van der Waals surface area contributed by atoms with Crippen molar-refractivity contribution >= 4 is 102 Å². The second kappa shape index (κ2) is 11.0. The summed E-state index contributed by atoms with van der Waals surface area (Å²) in [5, 5.41) is 0. The Labute approximate surface area is 274 Å². The fourth-order valence-electron chi connectivity index (χ4n) is 5.46. The molecule has 0 saturated carbocycles. The van der Waals surface area contributed by atoms with Crippen LogP contribution in [0.4, 0.5) is 0 Å². The second-order valence-electron chi connectivity index (χ2n) is 9.22. The summed E-state index contributed by atoms with van der Waals surface area (Å²) in [6.45, 7) is 0. The number of fused-ring (bicyclic) bond motifs is 1. The van der Waals surface area contributed by atoms with E-state index in [9.17, 15) is 9.59 Å². The van der Waals surface area contributed by atoms with E-state index in [2.05, 4.69) is 115 Å². The third kappa shape index (κ3) is 4.80. The van der Waals surface area contributed by atoms with E-state index in [-0.39, 0.29) is 11.8 Å². The van der Waals surface area contributed by atoms with E-state index in [1.54, 1.807) is 24.3 Å². The number of carbonyl (C=O) groups is 2. The van der Waals surface area contributed by atoms with E-state index >= 15 is 0 Å². The molecule has 3 aliphatic rings. The van der Waals surface area contributed by atoms with E-state index in [1.165, 1.54) is 0 Å². The van der Waals surface area contributed by atoms with Crippen LogP contribution < -0.4 is 0 Å². The quantitative estimate of drug-likeness (QED) is 0.153. The van der Waals surface area contributed by atoms with Gasteiger partial charge in [-0.05, 0) is 161 Å². The molecule has 190 valence electrons. The first-order valence-corrected chi connectivity index (χ1v) is 16.1. The fraction of sp³-hybridized carbons (Fsp3) is 0.133. The predicted molar refractivity (Wildman–Crippen MR) is 179 cm³/mol. The van der Waals surface area contributed by atoms with Crippen LogP contribution in [-0.2, 0) is 9.47 Å². The zero-order valence-corrected chi connectivity index (χ0v) is 28.2. The Kier molecular flexibility index (Phi) is 7.77. The van der Waals surface area contributed by atoms with Gasteiger partial charge in [0, 0.05) is 14.3 Å². The summed E-state index contributed by atoms with van der Waals surface area (Å²) in [5.74, 6) is -1.37. The Morgan fingerprint density at radius 3 is 1.08 bits per heavy atom. The van der Waals surface area contributed by atoms with Crippen molar-refractivity contribution in [1.29, 1.82) is 0 Å². The molecule has 2 bridgehead atoms. The summed E-state index contributed by atoms with van der Waals surface area (Å²) < 4.78 is 17.1. The van der Waals surface area contributed by atoms with Crippen molar-refractivity contribution in [2.75, 3.05) is 0 Å². The van der Waals surface area contributed by atoms with Crippen LogP contribution >= 0.6 is 90.4 Å². The van der Waals surface area contributed by atoms with Crippen LogP contribution in [-0.4, -0.2) is 24.1 Å². The average Bonchev–Trinajstić information content (AvgIpc) is 2.92. The van der Waals surface area contributed by atoms with Crippen molar-refractivity contribution in [1.82, 2.24) is 0 Å². The monoisotopic (exact) mass is 950 g/mol. The van der Waals surface area contributed by atoms with E-state index in [0.29, 0.717) is 11.1 Å². The van der Waals surface area contributed by atoms with Gasteiger partial charge in [-0.25, -0.2) is 9.59 Å². The highest BCUT2D eigenvalue weighted by Crippen LogP contribution is 2.56. The number of hydrogen-bond donors (Lipinski definition) is 0. The second-order valence-corrected chi connectivity index (χ2v) is 13.9. The summed E-state index contributed by atoms with van der Waals surface area (Å²) in [6.07, 6.45) is -1.35. The molecule has 4 aromatic rings. The number of benzene rings is 4. The molecule has 4 nitrogen and oxygen atoms in total. The first-order chi connectivity index (χ1) is 18.3. The minimum Gasteiger partial charge on any atom is -0.454 e. The highest BCUT2D eigenvalue weighted by atomic mass is 127. The molecule has 7 rings (SSSR count). The van der Waals surface area contributed by atoms with E-state index in [0.717, 1.165) is 36.5 Å². The molecule has 4 aromatic carbocycles. The molecule has 0 radical (unpaired) electrons. The molecule has 0 heterocycles. The zero-order chi connectivity index (χ0) is 26.6. The maximum Gasteiger partial charge on any atom is 0.338 e. The lowest BCUT2D eigenvalue weighted by Gasteiger charge is -2.49. The Morgan fingerprint density at radius 1 is 0.500 bits per heavy atom. The van der Waals surface area contributed by atoms with Crippen molar-refractivity contribution in [2.24, 2.45) is 0 Å². The summed E-state index contributed by atoms with van der Waals surface area (Å²) in [4.78, 5) is 26.8. The minimum absolute atomic E-state index is 0.262. The van der Waals surface area contributed by atoms with Gasteiger partial charge < -0.3 is 9.47 Å². The minimum atomic E-state index is -0.674. The Bertz CT molecular complexity index is 1400. The predicted octanol–water partition coefficient (Wildman–Crippen LogP) is 8.15. The molecule has 2 atom stereocenters. The lowest BCUT2D eigenvalue weighted by atomic mass is 9.61. The molecule has 2 unspecified atom stereocenters. The third-order valence-corrected chi connectivity index (χ3v) is 12.7. The molecular formula is C30H18I4O4. The van der Waals surface area contributed by atoms with Crippen LogP contribution in [0.1, 0.15) is 54.8 Å². The van der Waals surface area contributed by atoms with Crippen molar-refractivity contribution in [3.8, 4) is 0 Å². The molecule has 0 N–H and O–H groups in total. The van der Waals surface area contributed by atoms with Gasteiger partial charge in [-0.3, -0.25) is 0 Å². The molecule has 8 heteroatoms. The average molecular weight is 950 g/mol. The third-order valence-electron chi connectivity index (χ3n) is 7.08. The normalized spacial score (nSPS) is 20.8. The maximum atomic E-state index is 13.4. The molecule has 0 spiro atoms. The van der Waals surface area contributed by atoms with E-state index in [1.807, 2.05) is 36.4 Å². The van der Waals surface area contributed by atoms with Crippen molar-refractivity contribution < 1.29 is 19.1 Å². The van der Waals surface area contributed by atoms with Crippen LogP contribution in [0.25, 0.3) is 0 Å². The first kappa shape index (κ1) is 26.9. The lowest BCUT2D eigenvalue weighted by molar-refractivity contribution is -0.0558. The Hall–Kier alpha value is -1.26. The van der Waals surface area contributed by atoms with Gasteiger partial charge in [0.1, 0.15) is 0 Å². The van der Waals surface area contributed by atoms with Crippen LogP contribution in [0, 0.1) is 14.3 Å². The molecule has 0 saturated heterocycles.